The Hall–Kier alpha value is -2.76. The van der Waals surface area contributed by atoms with Crippen molar-refractivity contribution in [1.29, 1.82) is 0 Å². The van der Waals surface area contributed by atoms with Gasteiger partial charge in [-0.2, -0.15) is 0 Å². The van der Waals surface area contributed by atoms with Crippen LogP contribution in [0.1, 0.15) is 0 Å². The smallest absolute Gasteiger partial charge is 0.138 e. The second-order valence-corrected chi connectivity index (χ2v) is 7.83. The molecule has 3 aromatic heterocycles. The van der Waals surface area contributed by atoms with Crippen LogP contribution in [0.5, 0.6) is 0 Å². The van der Waals surface area contributed by atoms with Crippen molar-refractivity contribution in [3.05, 3.63) is 77.2 Å². The van der Waals surface area contributed by atoms with Crippen LogP contribution in [0.15, 0.2) is 71.4 Å². The molecule has 0 saturated heterocycles. The van der Waals surface area contributed by atoms with Crippen LogP contribution in [0, 0.1) is 5.82 Å². The van der Waals surface area contributed by atoms with Crippen LogP contribution in [0.2, 0.25) is 0 Å². The minimum absolute atomic E-state index is 0.247. The van der Waals surface area contributed by atoms with Crippen molar-refractivity contribution in [1.82, 2.24) is 9.97 Å². The van der Waals surface area contributed by atoms with Crippen LogP contribution in [-0.2, 0) is 0 Å². The first-order chi connectivity index (χ1) is 12.8. The Bertz CT molecular complexity index is 1100. The molecule has 2 nitrogen and oxygen atoms in total. The molecule has 0 atom stereocenters. The second-order valence-electron chi connectivity index (χ2n) is 5.93. The quantitative estimate of drug-likeness (QED) is 0.367. The highest BCUT2D eigenvalue weighted by molar-refractivity contribution is 7.14. The predicted octanol–water partition coefficient (Wildman–Crippen LogP) is 6.83. The number of benzene rings is 2. The van der Waals surface area contributed by atoms with Crippen LogP contribution < -0.4 is 0 Å². The van der Waals surface area contributed by atoms with E-state index in [9.17, 15) is 4.39 Å². The average Bonchev–Trinajstić information content (AvgIpc) is 3.41. The normalized spacial score (nSPS) is 11.3. The van der Waals surface area contributed by atoms with E-state index in [1.165, 1.54) is 21.9 Å². The Morgan fingerprint density at radius 2 is 1.42 bits per heavy atom. The lowest BCUT2D eigenvalue weighted by atomic mass is 10.1. The number of aromatic amines is 1. The van der Waals surface area contributed by atoms with Gasteiger partial charge in [0.05, 0.1) is 11.0 Å². The molecule has 3 heterocycles. The summed E-state index contributed by atoms with van der Waals surface area (Å²) in [5.41, 5.74) is 5.07. The van der Waals surface area contributed by atoms with E-state index in [1.54, 1.807) is 34.8 Å². The van der Waals surface area contributed by atoms with Gasteiger partial charge in [-0.05, 0) is 47.2 Å². The van der Waals surface area contributed by atoms with Crippen LogP contribution in [0.25, 0.3) is 43.3 Å². The molecule has 0 spiro atoms. The molecule has 5 heteroatoms. The Labute approximate surface area is 157 Å². The number of hydrogen-bond donors (Lipinski definition) is 1. The molecule has 0 amide bonds. The summed E-state index contributed by atoms with van der Waals surface area (Å²) in [6, 6.07) is 19.0. The topological polar surface area (TPSA) is 28.7 Å². The number of hydrogen-bond acceptors (Lipinski definition) is 3. The highest BCUT2D eigenvalue weighted by atomic mass is 32.1. The molecule has 0 aliphatic rings. The first kappa shape index (κ1) is 15.5. The minimum atomic E-state index is -0.247. The van der Waals surface area contributed by atoms with Crippen molar-refractivity contribution in [2.24, 2.45) is 0 Å². The monoisotopic (exact) mass is 376 g/mol. The van der Waals surface area contributed by atoms with Gasteiger partial charge in [-0.15, -0.1) is 22.7 Å². The molecular formula is C21H13FN2S2. The van der Waals surface area contributed by atoms with E-state index in [4.69, 9.17) is 4.98 Å². The number of halogens is 1. The molecule has 0 fully saturated rings. The minimum Gasteiger partial charge on any atom is -0.337 e. The summed E-state index contributed by atoms with van der Waals surface area (Å²) in [5, 5.41) is 4.15. The van der Waals surface area contributed by atoms with Gasteiger partial charge < -0.3 is 4.98 Å². The van der Waals surface area contributed by atoms with Crippen molar-refractivity contribution in [2.75, 3.05) is 0 Å². The Balaban J connectivity index is 1.78. The van der Waals surface area contributed by atoms with E-state index >= 15 is 0 Å². The van der Waals surface area contributed by atoms with E-state index in [2.05, 4.69) is 46.1 Å². The number of nitrogens with one attached hydrogen (secondary N) is 1. The van der Waals surface area contributed by atoms with Crippen LogP contribution >= 0.6 is 22.7 Å². The van der Waals surface area contributed by atoms with Crippen molar-refractivity contribution in [3.63, 3.8) is 0 Å². The van der Waals surface area contributed by atoms with Gasteiger partial charge in [0.2, 0.25) is 0 Å². The van der Waals surface area contributed by atoms with E-state index in [1.807, 2.05) is 6.07 Å². The SMILES string of the molecule is Fc1ccc(-c2nc3c(-c4cccs4)ccc(-c4cccs4)c3[nH]2)cc1. The maximum Gasteiger partial charge on any atom is 0.138 e. The Morgan fingerprint density at radius 1 is 0.769 bits per heavy atom. The van der Waals surface area contributed by atoms with Gasteiger partial charge in [-0.25, -0.2) is 9.37 Å². The number of H-pyrrole nitrogens is 1. The molecule has 5 rings (SSSR count). The Morgan fingerprint density at radius 3 is 2.08 bits per heavy atom. The van der Waals surface area contributed by atoms with E-state index < -0.39 is 0 Å². The number of nitrogens with zero attached hydrogens (tertiary/aromatic N) is 1. The molecule has 2 aromatic carbocycles. The van der Waals surface area contributed by atoms with E-state index in [0.29, 0.717) is 0 Å². The van der Waals surface area contributed by atoms with Gasteiger partial charge in [-0.3, -0.25) is 0 Å². The van der Waals surface area contributed by atoms with Gasteiger partial charge >= 0.3 is 0 Å². The lowest BCUT2D eigenvalue weighted by Gasteiger charge is -2.04. The number of aromatic nitrogens is 2. The molecule has 0 aliphatic carbocycles. The van der Waals surface area contributed by atoms with Gasteiger partial charge in [0.25, 0.3) is 0 Å². The largest absolute Gasteiger partial charge is 0.337 e. The van der Waals surface area contributed by atoms with E-state index in [-0.39, 0.29) is 5.82 Å². The molecule has 0 bridgehead atoms. The number of thiophene rings is 2. The third kappa shape index (κ3) is 2.57. The van der Waals surface area contributed by atoms with Gasteiger partial charge in [0.1, 0.15) is 11.6 Å². The maximum absolute atomic E-state index is 13.3. The number of imidazole rings is 1. The van der Waals surface area contributed by atoms with Crippen molar-refractivity contribution in [3.8, 4) is 32.3 Å². The molecule has 0 radical (unpaired) electrons. The lowest BCUT2D eigenvalue weighted by Crippen LogP contribution is -1.81. The van der Waals surface area contributed by atoms with Gasteiger partial charge in [-0.1, -0.05) is 24.3 Å². The van der Waals surface area contributed by atoms with Gasteiger partial charge in [0, 0.05) is 26.4 Å². The van der Waals surface area contributed by atoms with E-state index in [0.717, 1.165) is 33.5 Å². The fourth-order valence-corrected chi connectivity index (χ4v) is 4.61. The number of fused-ring (bicyclic) bond motifs is 1. The summed E-state index contributed by atoms with van der Waals surface area (Å²) < 4.78 is 13.3. The molecule has 126 valence electrons. The summed E-state index contributed by atoms with van der Waals surface area (Å²) in [5.74, 6) is 0.505. The zero-order valence-corrected chi connectivity index (χ0v) is 15.2. The third-order valence-corrected chi connectivity index (χ3v) is 6.14. The molecule has 0 aliphatic heterocycles. The predicted molar refractivity (Wildman–Crippen MR) is 108 cm³/mol. The second kappa shape index (κ2) is 6.20. The summed E-state index contributed by atoms with van der Waals surface area (Å²) in [6.07, 6.45) is 0. The van der Waals surface area contributed by atoms with Crippen molar-refractivity contribution >= 4 is 33.7 Å². The first-order valence-corrected chi connectivity index (χ1v) is 9.92. The average molecular weight is 376 g/mol. The first-order valence-electron chi connectivity index (χ1n) is 8.16. The highest BCUT2D eigenvalue weighted by Gasteiger charge is 2.16. The van der Waals surface area contributed by atoms with Crippen LogP contribution in [0.4, 0.5) is 4.39 Å². The summed E-state index contributed by atoms with van der Waals surface area (Å²) in [4.78, 5) is 10.7. The molecule has 1 N–H and O–H groups in total. The maximum atomic E-state index is 13.3. The highest BCUT2D eigenvalue weighted by Crippen LogP contribution is 2.38. The number of rotatable bonds is 3. The molecular weight excluding hydrogens is 363 g/mol. The van der Waals surface area contributed by atoms with Gasteiger partial charge in [0.15, 0.2) is 0 Å². The molecule has 0 saturated carbocycles. The fourth-order valence-electron chi connectivity index (χ4n) is 3.10. The molecule has 0 unspecified atom stereocenters. The zero-order valence-electron chi connectivity index (χ0n) is 13.6. The summed E-state index contributed by atoms with van der Waals surface area (Å²) in [6.45, 7) is 0. The molecule has 5 aromatic rings. The van der Waals surface area contributed by atoms with Crippen molar-refractivity contribution in [2.45, 2.75) is 0 Å². The fraction of sp³-hybridized carbons (Fsp3) is 0. The lowest BCUT2D eigenvalue weighted by molar-refractivity contribution is 0.628. The van der Waals surface area contributed by atoms with Crippen molar-refractivity contribution < 1.29 is 4.39 Å². The zero-order chi connectivity index (χ0) is 17.5. The third-order valence-electron chi connectivity index (χ3n) is 4.34. The summed E-state index contributed by atoms with van der Waals surface area (Å²) in [7, 11) is 0. The van der Waals surface area contributed by atoms with Crippen LogP contribution in [0.3, 0.4) is 0 Å². The summed E-state index contributed by atoms with van der Waals surface area (Å²) >= 11 is 3.41. The molecule has 26 heavy (non-hydrogen) atoms. The van der Waals surface area contributed by atoms with Crippen LogP contribution in [-0.4, -0.2) is 9.97 Å². The Kier molecular flexibility index (Phi) is 3.69. The standard InChI is InChI=1S/C21H13FN2S2/c22-14-7-5-13(6-8-14)21-23-19-15(17-3-1-11-25-17)9-10-16(20(19)24-21)18-4-2-12-26-18/h1-12H,(H,23,24).